The van der Waals surface area contributed by atoms with Crippen LogP contribution >= 0.6 is 0 Å². The summed E-state index contributed by atoms with van der Waals surface area (Å²) in [7, 11) is 1.43. The van der Waals surface area contributed by atoms with Crippen LogP contribution in [-0.2, 0) is 20.9 Å². The van der Waals surface area contributed by atoms with Crippen molar-refractivity contribution in [3.63, 3.8) is 0 Å². The van der Waals surface area contributed by atoms with Crippen molar-refractivity contribution < 1.29 is 19.1 Å². The highest BCUT2D eigenvalue weighted by Gasteiger charge is 2.46. The number of hydrogen-bond donors (Lipinski definition) is 0. The molecule has 0 saturated carbocycles. The zero-order chi connectivity index (χ0) is 17.1. The first kappa shape index (κ1) is 16.8. The molecule has 5 nitrogen and oxygen atoms in total. The molecule has 5 heteroatoms. The van der Waals surface area contributed by atoms with E-state index in [2.05, 4.69) is 0 Å². The Balaban J connectivity index is 1.58. The van der Waals surface area contributed by atoms with E-state index in [9.17, 15) is 9.59 Å². The summed E-state index contributed by atoms with van der Waals surface area (Å²) in [5, 5.41) is 0. The van der Waals surface area contributed by atoms with Crippen LogP contribution in [0, 0.1) is 11.8 Å². The molecule has 0 spiro atoms. The Hall–Kier alpha value is -2.04. The average Bonchev–Trinajstić information content (AvgIpc) is 2.89. The lowest BCUT2D eigenvalue weighted by Gasteiger charge is -2.39. The van der Waals surface area contributed by atoms with E-state index in [1.807, 2.05) is 42.2 Å². The summed E-state index contributed by atoms with van der Waals surface area (Å²) in [6.45, 7) is 2.23. The van der Waals surface area contributed by atoms with Crippen molar-refractivity contribution >= 4 is 12.1 Å². The Morgan fingerprint density at radius 1 is 1.17 bits per heavy atom. The molecule has 2 heterocycles. The summed E-state index contributed by atoms with van der Waals surface area (Å²) in [4.78, 5) is 26.2. The van der Waals surface area contributed by atoms with Gasteiger partial charge in [0, 0.05) is 12.1 Å². The standard InChI is InChI=1S/C19H25NO4/c1-13(18(21)23-2)15-10-16-8-9-17(11-15)20(16)19(22)24-12-14-6-4-3-5-7-14/h3-7,13,15-17H,8-12H2,1-2H3. The lowest BCUT2D eigenvalue weighted by Crippen LogP contribution is -2.48. The summed E-state index contributed by atoms with van der Waals surface area (Å²) in [6.07, 6.45) is 3.47. The Morgan fingerprint density at radius 2 is 1.79 bits per heavy atom. The van der Waals surface area contributed by atoms with Gasteiger partial charge in [0.25, 0.3) is 0 Å². The summed E-state index contributed by atoms with van der Waals surface area (Å²) in [5.74, 6) is 0.0215. The molecular formula is C19H25NO4. The normalized spacial score (nSPS) is 26.8. The van der Waals surface area contributed by atoms with Gasteiger partial charge < -0.3 is 14.4 Å². The second kappa shape index (κ2) is 7.24. The van der Waals surface area contributed by atoms with Crippen LogP contribution in [0.3, 0.4) is 0 Å². The molecule has 2 fully saturated rings. The molecule has 3 rings (SSSR count). The Labute approximate surface area is 142 Å². The minimum absolute atomic E-state index is 0.111. The van der Waals surface area contributed by atoms with E-state index in [0.29, 0.717) is 6.61 Å². The van der Waals surface area contributed by atoms with Gasteiger partial charge in [0.2, 0.25) is 0 Å². The minimum atomic E-state index is -0.226. The molecule has 1 amide bonds. The van der Waals surface area contributed by atoms with Crippen molar-refractivity contribution in [2.75, 3.05) is 7.11 Å². The monoisotopic (exact) mass is 331 g/mol. The molecule has 130 valence electrons. The largest absolute Gasteiger partial charge is 0.469 e. The van der Waals surface area contributed by atoms with Gasteiger partial charge in [-0.25, -0.2) is 4.79 Å². The number of fused-ring (bicyclic) bond motifs is 2. The van der Waals surface area contributed by atoms with Gasteiger partial charge in [-0.05, 0) is 37.2 Å². The summed E-state index contributed by atoms with van der Waals surface area (Å²) < 4.78 is 10.4. The molecule has 24 heavy (non-hydrogen) atoms. The Bertz CT molecular complexity index is 574. The second-order valence-corrected chi connectivity index (χ2v) is 6.88. The fourth-order valence-electron chi connectivity index (χ4n) is 4.10. The van der Waals surface area contributed by atoms with Gasteiger partial charge in [-0.1, -0.05) is 37.3 Å². The third-order valence-electron chi connectivity index (χ3n) is 5.47. The number of rotatable bonds is 4. The highest BCUT2D eigenvalue weighted by Crippen LogP contribution is 2.42. The summed E-state index contributed by atoms with van der Waals surface area (Å²) >= 11 is 0. The number of carbonyl (C=O) groups excluding carboxylic acids is 2. The van der Waals surface area contributed by atoms with Crippen molar-refractivity contribution in [2.24, 2.45) is 11.8 Å². The molecule has 2 bridgehead atoms. The van der Waals surface area contributed by atoms with E-state index in [-0.39, 0.29) is 36.0 Å². The van der Waals surface area contributed by atoms with E-state index < -0.39 is 0 Å². The third-order valence-corrected chi connectivity index (χ3v) is 5.47. The Kier molecular flexibility index (Phi) is 5.07. The zero-order valence-corrected chi connectivity index (χ0v) is 14.3. The smallest absolute Gasteiger partial charge is 0.410 e. The maximum atomic E-state index is 12.5. The lowest BCUT2D eigenvalue weighted by molar-refractivity contribution is -0.147. The van der Waals surface area contributed by atoms with Crippen molar-refractivity contribution in [1.29, 1.82) is 0 Å². The van der Waals surface area contributed by atoms with Crippen molar-refractivity contribution in [3.8, 4) is 0 Å². The molecule has 0 radical (unpaired) electrons. The number of esters is 1. The first-order valence-corrected chi connectivity index (χ1v) is 8.67. The van der Waals surface area contributed by atoms with Crippen molar-refractivity contribution in [3.05, 3.63) is 35.9 Å². The number of methoxy groups -OCH3 is 1. The van der Waals surface area contributed by atoms with Gasteiger partial charge >= 0.3 is 12.1 Å². The van der Waals surface area contributed by atoms with Crippen molar-refractivity contribution in [2.45, 2.75) is 51.3 Å². The SMILES string of the molecule is COC(=O)C(C)C1CC2CCC(C1)N2C(=O)OCc1ccccc1. The van der Waals surface area contributed by atoms with Gasteiger partial charge in [0.1, 0.15) is 6.61 Å². The minimum Gasteiger partial charge on any atom is -0.469 e. The maximum Gasteiger partial charge on any atom is 0.410 e. The first-order chi connectivity index (χ1) is 11.6. The molecule has 2 saturated heterocycles. The molecule has 1 aromatic carbocycles. The predicted octanol–water partition coefficient (Wildman–Crippen LogP) is 3.38. The molecular weight excluding hydrogens is 306 g/mol. The van der Waals surface area contributed by atoms with Crippen LogP contribution in [0.2, 0.25) is 0 Å². The van der Waals surface area contributed by atoms with Crippen LogP contribution in [0.4, 0.5) is 4.79 Å². The summed E-state index contributed by atoms with van der Waals surface area (Å²) in [5.41, 5.74) is 0.993. The van der Waals surface area contributed by atoms with E-state index in [0.717, 1.165) is 31.2 Å². The first-order valence-electron chi connectivity index (χ1n) is 8.67. The van der Waals surface area contributed by atoms with E-state index in [1.54, 1.807) is 0 Å². The lowest BCUT2D eigenvalue weighted by atomic mass is 9.82. The number of ether oxygens (including phenoxy) is 2. The van der Waals surface area contributed by atoms with E-state index in [1.165, 1.54) is 7.11 Å². The molecule has 2 aliphatic rings. The fourth-order valence-corrected chi connectivity index (χ4v) is 4.10. The van der Waals surface area contributed by atoms with Gasteiger partial charge in [-0.3, -0.25) is 4.79 Å². The average molecular weight is 331 g/mol. The van der Waals surface area contributed by atoms with Gasteiger partial charge in [-0.15, -0.1) is 0 Å². The number of piperidine rings is 1. The van der Waals surface area contributed by atoms with Crippen LogP contribution in [0.15, 0.2) is 30.3 Å². The molecule has 3 atom stereocenters. The van der Waals surface area contributed by atoms with Crippen LogP contribution in [0.5, 0.6) is 0 Å². The van der Waals surface area contributed by atoms with Crippen LogP contribution in [0.25, 0.3) is 0 Å². The van der Waals surface area contributed by atoms with Crippen LogP contribution in [0.1, 0.15) is 38.2 Å². The molecule has 1 aromatic rings. The topological polar surface area (TPSA) is 55.8 Å². The quantitative estimate of drug-likeness (QED) is 0.794. The molecule has 0 N–H and O–H groups in total. The van der Waals surface area contributed by atoms with E-state index in [4.69, 9.17) is 9.47 Å². The number of hydrogen-bond acceptors (Lipinski definition) is 4. The summed E-state index contributed by atoms with van der Waals surface area (Å²) in [6, 6.07) is 10.1. The van der Waals surface area contributed by atoms with Gasteiger partial charge in [-0.2, -0.15) is 0 Å². The number of nitrogens with zero attached hydrogens (tertiary/aromatic N) is 1. The number of carbonyl (C=O) groups is 2. The molecule has 0 aromatic heterocycles. The van der Waals surface area contributed by atoms with Crippen molar-refractivity contribution in [1.82, 2.24) is 4.90 Å². The predicted molar refractivity (Wildman–Crippen MR) is 89.2 cm³/mol. The second-order valence-electron chi connectivity index (χ2n) is 6.88. The molecule has 3 unspecified atom stereocenters. The Morgan fingerprint density at radius 3 is 2.38 bits per heavy atom. The maximum absolute atomic E-state index is 12.5. The van der Waals surface area contributed by atoms with E-state index >= 15 is 0 Å². The fraction of sp³-hybridized carbons (Fsp3) is 0.579. The number of benzene rings is 1. The number of amides is 1. The highest BCUT2D eigenvalue weighted by molar-refractivity contribution is 5.72. The molecule has 2 aliphatic heterocycles. The van der Waals surface area contributed by atoms with Crippen LogP contribution in [-0.4, -0.2) is 36.2 Å². The molecule has 0 aliphatic carbocycles. The third kappa shape index (κ3) is 3.40. The van der Waals surface area contributed by atoms with Gasteiger partial charge in [0.15, 0.2) is 0 Å². The van der Waals surface area contributed by atoms with Crippen LogP contribution < -0.4 is 0 Å². The zero-order valence-electron chi connectivity index (χ0n) is 14.3. The highest BCUT2D eigenvalue weighted by atomic mass is 16.6. The van der Waals surface area contributed by atoms with Gasteiger partial charge in [0.05, 0.1) is 13.0 Å².